The number of rotatable bonds is 1. The van der Waals surface area contributed by atoms with Crippen molar-refractivity contribution in [3.05, 3.63) is 0 Å². The Kier molecular flexibility index (Phi) is 2.55. The molecule has 3 N–H and O–H groups in total. The molecule has 0 aliphatic rings. The van der Waals surface area contributed by atoms with Crippen molar-refractivity contribution < 1.29 is 31.5 Å². The fourth-order valence-corrected chi connectivity index (χ4v) is 0.643. The van der Waals surface area contributed by atoms with Gasteiger partial charge in [0.2, 0.25) is 0 Å². The molecule has 0 fully saturated rings. The number of nitrogens with two attached hydrogens (primary N) is 1. The molecular formula is C2H3F3N2O4S. The van der Waals surface area contributed by atoms with E-state index in [-0.39, 0.29) is 0 Å². The van der Waals surface area contributed by atoms with Gasteiger partial charge >= 0.3 is 21.6 Å². The van der Waals surface area contributed by atoms with Crippen LogP contribution in [0.5, 0.6) is 0 Å². The Balaban J connectivity index is 5.03. The summed E-state index contributed by atoms with van der Waals surface area (Å²) in [7, 11) is -5.96. The molecule has 10 heteroatoms. The van der Waals surface area contributed by atoms with Crippen LogP contribution >= 0.6 is 0 Å². The van der Waals surface area contributed by atoms with Gasteiger partial charge in [-0.3, -0.25) is 0 Å². The van der Waals surface area contributed by atoms with E-state index < -0.39 is 26.0 Å². The molecule has 0 unspecified atom stereocenters. The Morgan fingerprint density at radius 3 is 1.83 bits per heavy atom. The first-order valence-corrected chi connectivity index (χ1v) is 3.64. The fraction of sp³-hybridized carbons (Fsp3) is 0.500. The molecule has 12 heavy (non-hydrogen) atoms. The molecule has 0 aromatic rings. The maximum absolute atomic E-state index is 11.5. The van der Waals surface area contributed by atoms with Gasteiger partial charge in [0.15, 0.2) is 0 Å². The van der Waals surface area contributed by atoms with Gasteiger partial charge in [-0.2, -0.15) is 21.6 Å². The van der Waals surface area contributed by atoms with Crippen LogP contribution in [0.2, 0.25) is 0 Å². The topological polar surface area (TPSA) is 101 Å². The summed E-state index contributed by atoms with van der Waals surface area (Å²) in [5.74, 6) is 4.11. The third-order valence-corrected chi connectivity index (χ3v) is 2.00. The summed E-state index contributed by atoms with van der Waals surface area (Å²) in [6.45, 7) is 0. The fourth-order valence-electron chi connectivity index (χ4n) is 0.214. The monoisotopic (exact) mass is 208 g/mol. The van der Waals surface area contributed by atoms with Gasteiger partial charge in [0.05, 0.1) is 0 Å². The minimum Gasteiger partial charge on any atom is -0.463 e. The van der Waals surface area contributed by atoms with Gasteiger partial charge in [-0.05, 0) is 0 Å². The lowest BCUT2D eigenvalue weighted by Gasteiger charge is -2.14. The molecule has 0 radical (unpaired) electrons. The van der Waals surface area contributed by atoms with Crippen molar-refractivity contribution in [2.75, 3.05) is 0 Å². The number of sulfonamides is 1. The van der Waals surface area contributed by atoms with Crippen molar-refractivity contribution in [3.8, 4) is 0 Å². The smallest absolute Gasteiger partial charge is 0.463 e. The summed E-state index contributed by atoms with van der Waals surface area (Å²) < 4.78 is 53.3. The minimum absolute atomic E-state index is 1.30. The summed E-state index contributed by atoms with van der Waals surface area (Å²) >= 11 is 0. The number of amides is 1. The highest BCUT2D eigenvalue weighted by molar-refractivity contribution is 7.90. The molecule has 0 heterocycles. The number of hydrogen-bond donors (Lipinski definition) is 2. The minimum atomic E-state index is -5.96. The van der Waals surface area contributed by atoms with Gasteiger partial charge < -0.3 is 5.11 Å². The second-order valence-electron chi connectivity index (χ2n) is 1.53. The average molecular weight is 208 g/mol. The maximum Gasteiger partial charge on any atom is 0.518 e. The third-order valence-electron chi connectivity index (χ3n) is 0.740. The molecule has 0 spiro atoms. The molecule has 72 valence electrons. The first-order chi connectivity index (χ1) is 5.10. The van der Waals surface area contributed by atoms with E-state index in [1.165, 1.54) is 0 Å². The summed E-state index contributed by atoms with van der Waals surface area (Å²) in [6.07, 6.45) is -2.41. The van der Waals surface area contributed by atoms with E-state index >= 15 is 0 Å². The molecular weight excluding hydrogens is 205 g/mol. The molecule has 0 aliphatic carbocycles. The number of hydrogen-bond acceptors (Lipinski definition) is 4. The quantitative estimate of drug-likeness (QED) is 0.349. The maximum atomic E-state index is 11.5. The Morgan fingerprint density at radius 1 is 1.42 bits per heavy atom. The van der Waals surface area contributed by atoms with Crippen LogP contribution < -0.4 is 5.84 Å². The predicted molar refractivity (Wildman–Crippen MR) is 29.0 cm³/mol. The molecule has 0 saturated heterocycles. The molecule has 6 nitrogen and oxygen atoms in total. The van der Waals surface area contributed by atoms with E-state index in [1.54, 1.807) is 0 Å². The molecule has 0 aliphatic heterocycles. The lowest BCUT2D eigenvalue weighted by molar-refractivity contribution is -0.0484. The van der Waals surface area contributed by atoms with Gasteiger partial charge in [0.1, 0.15) is 0 Å². The number of carboxylic acid groups (broad SMARTS) is 1. The predicted octanol–water partition coefficient (Wildman–Crippen LogP) is -0.310. The van der Waals surface area contributed by atoms with Crippen LogP contribution in [0.1, 0.15) is 0 Å². The molecule has 0 aromatic heterocycles. The standard InChI is InChI=1S/C2H3F3N2O4S/c3-2(4,5)12(10,11)7(6)1(8)9/h6H2,(H,8,9). The molecule has 0 aromatic carbocycles. The normalized spacial score (nSPS) is 12.7. The molecule has 0 rings (SSSR count). The lowest BCUT2D eigenvalue weighted by atomic mass is 11.3. The molecule has 1 amide bonds. The zero-order chi connectivity index (χ0) is 10.2. The van der Waals surface area contributed by atoms with Crippen molar-refractivity contribution in [3.63, 3.8) is 0 Å². The summed E-state index contributed by atoms with van der Waals surface area (Å²) in [5.41, 5.74) is -5.71. The summed E-state index contributed by atoms with van der Waals surface area (Å²) in [4.78, 5) is 9.71. The van der Waals surface area contributed by atoms with E-state index in [0.29, 0.717) is 0 Å². The zero-order valence-corrected chi connectivity index (χ0v) is 6.06. The van der Waals surface area contributed by atoms with Crippen LogP contribution in [0, 0.1) is 0 Å². The largest absolute Gasteiger partial charge is 0.518 e. The van der Waals surface area contributed by atoms with Crippen LogP contribution in [0.15, 0.2) is 0 Å². The van der Waals surface area contributed by atoms with Gasteiger partial charge in [0, 0.05) is 0 Å². The highest BCUT2D eigenvalue weighted by atomic mass is 32.2. The zero-order valence-electron chi connectivity index (χ0n) is 5.24. The Morgan fingerprint density at radius 2 is 1.75 bits per heavy atom. The van der Waals surface area contributed by atoms with Crippen LogP contribution in [0.3, 0.4) is 0 Å². The second-order valence-corrected chi connectivity index (χ2v) is 3.34. The Labute approximate surface area is 64.4 Å². The van der Waals surface area contributed by atoms with Crippen molar-refractivity contribution in [1.29, 1.82) is 0 Å². The molecule has 0 bridgehead atoms. The number of alkyl halides is 3. The van der Waals surface area contributed by atoms with Crippen LogP contribution in [0.4, 0.5) is 18.0 Å². The van der Waals surface area contributed by atoms with Gasteiger partial charge in [-0.1, -0.05) is 0 Å². The van der Waals surface area contributed by atoms with Crippen LogP contribution in [-0.4, -0.2) is 29.5 Å². The van der Waals surface area contributed by atoms with E-state index in [0.717, 1.165) is 0 Å². The number of halogens is 3. The van der Waals surface area contributed by atoms with Crippen molar-refractivity contribution >= 4 is 16.1 Å². The van der Waals surface area contributed by atoms with E-state index in [1.807, 2.05) is 0 Å². The van der Waals surface area contributed by atoms with Crippen molar-refractivity contribution in [1.82, 2.24) is 4.41 Å². The highest BCUT2D eigenvalue weighted by Crippen LogP contribution is 2.24. The number of hydrazine groups is 1. The van der Waals surface area contributed by atoms with Crippen molar-refractivity contribution in [2.24, 2.45) is 5.84 Å². The molecule has 0 saturated carbocycles. The summed E-state index contributed by atoms with van der Waals surface area (Å²) in [6, 6.07) is 0. The number of nitrogens with zero attached hydrogens (tertiary/aromatic N) is 1. The first kappa shape index (κ1) is 11.0. The van der Waals surface area contributed by atoms with E-state index in [4.69, 9.17) is 5.11 Å². The average Bonchev–Trinajstić information content (AvgIpc) is 1.83. The highest BCUT2D eigenvalue weighted by Gasteiger charge is 2.51. The third kappa shape index (κ3) is 1.76. The van der Waals surface area contributed by atoms with Gasteiger partial charge in [0.25, 0.3) is 0 Å². The van der Waals surface area contributed by atoms with E-state index in [9.17, 15) is 26.4 Å². The van der Waals surface area contributed by atoms with Gasteiger partial charge in [-0.25, -0.2) is 10.6 Å². The first-order valence-electron chi connectivity index (χ1n) is 2.20. The van der Waals surface area contributed by atoms with Crippen molar-refractivity contribution in [2.45, 2.75) is 5.51 Å². The van der Waals surface area contributed by atoms with Gasteiger partial charge in [-0.15, -0.1) is 4.41 Å². The number of carbonyl (C=O) groups is 1. The SMILES string of the molecule is NN(C(=O)O)S(=O)(=O)C(F)(F)F. The Bertz CT molecular complexity index is 281. The summed E-state index contributed by atoms with van der Waals surface area (Å²) in [5, 5.41) is 7.80. The van der Waals surface area contributed by atoms with E-state index in [2.05, 4.69) is 5.84 Å². The lowest BCUT2D eigenvalue weighted by Crippen LogP contribution is -2.47. The van der Waals surface area contributed by atoms with Crippen LogP contribution in [-0.2, 0) is 10.0 Å². The second kappa shape index (κ2) is 2.79. The molecule has 0 atom stereocenters. The van der Waals surface area contributed by atoms with Crippen LogP contribution in [0.25, 0.3) is 0 Å². The Hall–Kier alpha value is -1.03.